The van der Waals surface area contributed by atoms with Crippen molar-refractivity contribution in [2.45, 2.75) is 82.7 Å². The highest BCUT2D eigenvalue weighted by Gasteiger charge is 2.44. The molecule has 2 aromatic carbocycles. The smallest absolute Gasteiger partial charge is 0.344 e. The average Bonchev–Trinajstić information content (AvgIpc) is 3.09. The first kappa shape index (κ1) is 35.7. The Bertz CT molecular complexity index is 1460. The maximum Gasteiger partial charge on any atom is 0.349 e. The van der Waals surface area contributed by atoms with Gasteiger partial charge in [-0.3, -0.25) is 19.2 Å². The molecule has 3 atom stereocenters. The fourth-order valence-electron chi connectivity index (χ4n) is 6.42. The third-order valence-corrected chi connectivity index (χ3v) is 9.50. The molecule has 2 aromatic rings. The SMILES string of the molecule is CCC(=O)N[C@@H](C(=O)N1CCN(C)CC1)[C@@H](C)c1ccc(CC(=O)[C@@H](NC(=O)C(F)(F)c2cccc(C#N)c2)C2CCCCC2)cc1. The van der Waals surface area contributed by atoms with Gasteiger partial charge >= 0.3 is 5.92 Å². The van der Waals surface area contributed by atoms with Gasteiger partial charge in [0.25, 0.3) is 5.91 Å². The molecule has 1 aliphatic carbocycles. The van der Waals surface area contributed by atoms with Gasteiger partial charge in [-0.05, 0) is 49.1 Å². The van der Waals surface area contributed by atoms with Gasteiger partial charge in [-0.2, -0.15) is 14.0 Å². The van der Waals surface area contributed by atoms with Crippen LogP contribution in [0.1, 0.15) is 80.5 Å². The molecule has 9 nitrogen and oxygen atoms in total. The number of likely N-dealkylation sites (N-methyl/N-ethyl adjacent to an activating group) is 1. The molecule has 3 amide bonds. The number of ketones is 1. The van der Waals surface area contributed by atoms with E-state index in [2.05, 4.69) is 15.5 Å². The summed E-state index contributed by atoms with van der Waals surface area (Å²) in [6, 6.07) is 11.9. The minimum atomic E-state index is -3.93. The number of carbonyl (C=O) groups is 4. The number of hydrogen-bond acceptors (Lipinski definition) is 6. The molecule has 1 saturated carbocycles. The number of alkyl halides is 2. The third-order valence-electron chi connectivity index (χ3n) is 9.50. The van der Waals surface area contributed by atoms with Crippen molar-refractivity contribution in [2.24, 2.45) is 5.92 Å². The fraction of sp³-hybridized carbons (Fsp3) is 0.528. The van der Waals surface area contributed by atoms with Crippen molar-refractivity contribution in [1.82, 2.24) is 20.4 Å². The first-order chi connectivity index (χ1) is 22.4. The van der Waals surface area contributed by atoms with Crippen LogP contribution in [0.4, 0.5) is 8.78 Å². The molecule has 252 valence electrons. The lowest BCUT2D eigenvalue weighted by atomic mass is 9.81. The Morgan fingerprint density at radius 2 is 1.64 bits per heavy atom. The number of benzene rings is 2. The van der Waals surface area contributed by atoms with E-state index in [1.165, 1.54) is 12.1 Å². The van der Waals surface area contributed by atoms with Crippen molar-refractivity contribution in [3.8, 4) is 6.07 Å². The van der Waals surface area contributed by atoms with Crippen molar-refractivity contribution in [3.05, 3.63) is 70.8 Å². The molecule has 0 spiro atoms. The van der Waals surface area contributed by atoms with E-state index in [4.69, 9.17) is 5.26 Å². The molecule has 11 heteroatoms. The largest absolute Gasteiger partial charge is 0.349 e. The van der Waals surface area contributed by atoms with Gasteiger partial charge in [0.05, 0.1) is 17.7 Å². The summed E-state index contributed by atoms with van der Waals surface area (Å²) in [5.41, 5.74) is 0.860. The van der Waals surface area contributed by atoms with Crippen molar-refractivity contribution in [2.75, 3.05) is 33.2 Å². The van der Waals surface area contributed by atoms with E-state index in [0.29, 0.717) is 31.5 Å². The van der Waals surface area contributed by atoms with Gasteiger partial charge in [-0.1, -0.05) is 69.5 Å². The summed E-state index contributed by atoms with van der Waals surface area (Å²) in [5.74, 6) is -6.80. The van der Waals surface area contributed by atoms with Crippen molar-refractivity contribution in [1.29, 1.82) is 5.26 Å². The number of amides is 3. The maximum absolute atomic E-state index is 15.3. The molecule has 0 radical (unpaired) electrons. The summed E-state index contributed by atoms with van der Waals surface area (Å²) in [5, 5.41) is 14.4. The minimum Gasteiger partial charge on any atom is -0.344 e. The molecular formula is C36H45F2N5O4. The number of nitrogens with zero attached hydrogens (tertiary/aromatic N) is 3. The summed E-state index contributed by atoms with van der Waals surface area (Å²) in [6.45, 7) is 6.30. The zero-order valence-corrected chi connectivity index (χ0v) is 27.4. The number of nitriles is 1. The standard InChI is InChI=1S/C36H45F2N5O4/c1-4-31(45)40-32(34(46)43-19-17-42(3)18-20-43)24(2)27-15-13-25(14-16-27)22-30(44)33(28-10-6-5-7-11-28)41-35(47)36(37,38)29-12-8-9-26(21-29)23-39/h8-9,12-16,21,24,28,32-33H,4-7,10-11,17-20,22H2,1-3H3,(H,40,45)(H,41,47)/t24-,32+,33-/m0/s1. The highest BCUT2D eigenvalue weighted by molar-refractivity contribution is 5.93. The van der Waals surface area contributed by atoms with Crippen LogP contribution >= 0.6 is 0 Å². The van der Waals surface area contributed by atoms with Crippen LogP contribution in [-0.2, 0) is 31.5 Å². The molecule has 1 heterocycles. The second-order valence-electron chi connectivity index (χ2n) is 12.8. The Kier molecular flexibility index (Phi) is 12.2. The predicted molar refractivity (Wildman–Crippen MR) is 173 cm³/mol. The van der Waals surface area contributed by atoms with Crippen LogP contribution in [0.3, 0.4) is 0 Å². The number of nitrogens with one attached hydrogen (secondary N) is 2. The normalized spacial score (nSPS) is 18.0. The lowest BCUT2D eigenvalue weighted by molar-refractivity contribution is -0.149. The van der Waals surface area contributed by atoms with Crippen molar-refractivity contribution >= 4 is 23.5 Å². The molecule has 2 aliphatic rings. The quantitative estimate of drug-likeness (QED) is 0.354. The van der Waals surface area contributed by atoms with Crippen molar-refractivity contribution < 1.29 is 28.0 Å². The van der Waals surface area contributed by atoms with E-state index in [1.807, 2.05) is 32.2 Å². The molecule has 0 unspecified atom stereocenters. The molecular weight excluding hydrogens is 604 g/mol. The Morgan fingerprint density at radius 1 is 0.979 bits per heavy atom. The van der Waals surface area contributed by atoms with Crippen LogP contribution in [-0.4, -0.2) is 78.6 Å². The van der Waals surface area contributed by atoms with Crippen LogP contribution in [0.5, 0.6) is 0 Å². The van der Waals surface area contributed by atoms with Crippen molar-refractivity contribution in [3.63, 3.8) is 0 Å². The Labute approximate surface area is 275 Å². The Hall–Kier alpha value is -4.17. The van der Waals surface area contributed by atoms with Crippen LogP contribution in [0.15, 0.2) is 48.5 Å². The van der Waals surface area contributed by atoms with E-state index < -0.39 is 29.5 Å². The summed E-state index contributed by atoms with van der Waals surface area (Å²) < 4.78 is 30.6. The monoisotopic (exact) mass is 649 g/mol. The average molecular weight is 650 g/mol. The maximum atomic E-state index is 15.3. The van der Waals surface area contributed by atoms with Gasteiger partial charge < -0.3 is 20.4 Å². The highest BCUT2D eigenvalue weighted by atomic mass is 19.3. The van der Waals surface area contributed by atoms with Gasteiger partial charge in [0, 0.05) is 50.5 Å². The lowest BCUT2D eigenvalue weighted by Crippen LogP contribution is -2.55. The van der Waals surface area contributed by atoms with Crippen LogP contribution in [0.25, 0.3) is 0 Å². The van der Waals surface area contributed by atoms with Crippen LogP contribution in [0.2, 0.25) is 0 Å². The second-order valence-corrected chi connectivity index (χ2v) is 12.8. The lowest BCUT2D eigenvalue weighted by Gasteiger charge is -2.36. The van der Waals surface area contributed by atoms with Gasteiger partial charge in [0.2, 0.25) is 11.8 Å². The van der Waals surface area contributed by atoms with Gasteiger partial charge in [0.15, 0.2) is 5.78 Å². The zero-order valence-electron chi connectivity index (χ0n) is 27.4. The molecule has 2 N–H and O–H groups in total. The second kappa shape index (κ2) is 16.1. The highest BCUT2D eigenvalue weighted by Crippen LogP contribution is 2.32. The molecule has 0 bridgehead atoms. The molecule has 1 saturated heterocycles. The number of Topliss-reactive ketones (excluding diaryl/α,β-unsaturated/α-hetero) is 1. The van der Waals surface area contributed by atoms with E-state index >= 15 is 8.78 Å². The number of halogens is 2. The van der Waals surface area contributed by atoms with E-state index in [1.54, 1.807) is 24.0 Å². The number of carbonyl (C=O) groups excluding carboxylic acids is 4. The van der Waals surface area contributed by atoms with Gasteiger partial charge in [-0.25, -0.2) is 0 Å². The van der Waals surface area contributed by atoms with Crippen LogP contribution in [0, 0.1) is 17.2 Å². The van der Waals surface area contributed by atoms with E-state index in [0.717, 1.165) is 50.0 Å². The van der Waals surface area contributed by atoms with E-state index in [9.17, 15) is 19.2 Å². The van der Waals surface area contributed by atoms with E-state index in [-0.39, 0.29) is 47.8 Å². The summed E-state index contributed by atoms with van der Waals surface area (Å²) >= 11 is 0. The third kappa shape index (κ3) is 9.01. The molecule has 0 aromatic heterocycles. The van der Waals surface area contributed by atoms with Gasteiger partial charge in [-0.15, -0.1) is 0 Å². The summed E-state index contributed by atoms with van der Waals surface area (Å²) in [6.07, 6.45) is 4.15. The minimum absolute atomic E-state index is 0.00964. The molecule has 2 fully saturated rings. The Balaban J connectivity index is 1.49. The first-order valence-electron chi connectivity index (χ1n) is 16.5. The number of hydrogen-bond donors (Lipinski definition) is 2. The number of rotatable bonds is 12. The fourth-order valence-corrected chi connectivity index (χ4v) is 6.42. The molecule has 4 rings (SSSR count). The van der Waals surface area contributed by atoms with Gasteiger partial charge in [0.1, 0.15) is 6.04 Å². The van der Waals surface area contributed by atoms with Crippen LogP contribution < -0.4 is 10.6 Å². The topological polar surface area (TPSA) is 123 Å². The Morgan fingerprint density at radius 3 is 2.26 bits per heavy atom. The zero-order chi connectivity index (χ0) is 34.1. The number of piperazine rings is 1. The predicted octanol–water partition coefficient (Wildman–Crippen LogP) is 4.30. The summed E-state index contributed by atoms with van der Waals surface area (Å²) in [4.78, 5) is 56.5. The molecule has 1 aliphatic heterocycles. The molecule has 47 heavy (non-hydrogen) atoms. The first-order valence-corrected chi connectivity index (χ1v) is 16.5. The summed E-state index contributed by atoms with van der Waals surface area (Å²) in [7, 11) is 2.00.